The Labute approximate surface area is 408 Å². The van der Waals surface area contributed by atoms with Crippen LogP contribution in [0.25, 0.3) is 32.7 Å². The lowest BCUT2D eigenvalue weighted by molar-refractivity contribution is -0.920. The Kier molecular flexibility index (Phi) is 16.9. The quantitative estimate of drug-likeness (QED) is 0.0786. The normalized spacial score (nSPS) is 18.8. The highest BCUT2D eigenvalue weighted by atomic mass is 16.5. The van der Waals surface area contributed by atoms with Gasteiger partial charge >= 0.3 is 0 Å². The maximum absolute atomic E-state index is 6.04. The number of morpholine rings is 1. The zero-order valence-electron chi connectivity index (χ0n) is 43.5. The van der Waals surface area contributed by atoms with Crippen molar-refractivity contribution in [2.24, 2.45) is 0 Å². The van der Waals surface area contributed by atoms with Gasteiger partial charge in [0.25, 0.3) is 0 Å². The summed E-state index contributed by atoms with van der Waals surface area (Å²) < 4.78 is 15.9. The van der Waals surface area contributed by atoms with E-state index in [4.69, 9.17) is 21.9 Å². The molecule has 0 saturated carbocycles. The number of fused-ring (bicyclic) bond motifs is 3. The molecule has 0 bridgehead atoms. The van der Waals surface area contributed by atoms with E-state index < -0.39 is 0 Å². The van der Waals surface area contributed by atoms with Crippen LogP contribution >= 0.6 is 0 Å². The molecule has 13 nitrogen and oxygen atoms in total. The summed E-state index contributed by atoms with van der Waals surface area (Å²) in [6.45, 7) is 14.4. The van der Waals surface area contributed by atoms with Crippen LogP contribution in [0.2, 0.25) is 0 Å². The van der Waals surface area contributed by atoms with Gasteiger partial charge in [-0.3, -0.25) is 4.90 Å². The van der Waals surface area contributed by atoms with Crippen molar-refractivity contribution in [3.05, 3.63) is 91.4 Å². The van der Waals surface area contributed by atoms with E-state index in [1.54, 1.807) is 0 Å². The highest BCUT2D eigenvalue weighted by Crippen LogP contribution is 2.26. The highest BCUT2D eigenvalue weighted by Gasteiger charge is 2.31. The van der Waals surface area contributed by atoms with Crippen molar-refractivity contribution in [3.8, 4) is 0 Å². The van der Waals surface area contributed by atoms with Crippen molar-refractivity contribution in [2.45, 2.75) is 76.5 Å². The predicted octanol–water partition coefficient (Wildman–Crippen LogP) is 7.16. The van der Waals surface area contributed by atoms with Gasteiger partial charge in [-0.05, 0) is 74.0 Å². The molecule has 0 spiro atoms. The van der Waals surface area contributed by atoms with Crippen molar-refractivity contribution in [1.29, 1.82) is 0 Å². The Bertz CT molecular complexity index is 2480. The van der Waals surface area contributed by atoms with Crippen molar-refractivity contribution in [3.63, 3.8) is 0 Å². The third kappa shape index (κ3) is 13.4. The van der Waals surface area contributed by atoms with Gasteiger partial charge in [-0.1, -0.05) is 18.2 Å². The number of nitrogens with zero attached hydrogens (tertiary/aromatic N) is 9. The minimum atomic E-state index is 0.274. The smallest absolute Gasteiger partial charge is 0.205 e. The minimum Gasteiger partial charge on any atom is -0.398 e. The third-order valence-corrected chi connectivity index (χ3v) is 15.2. The van der Waals surface area contributed by atoms with Crippen LogP contribution in [-0.2, 0) is 24.4 Å². The summed E-state index contributed by atoms with van der Waals surface area (Å²) >= 11 is 0. The molecule has 13 heteroatoms. The third-order valence-electron chi connectivity index (χ3n) is 15.2. The molecule has 9 rings (SSSR count). The van der Waals surface area contributed by atoms with Gasteiger partial charge < -0.3 is 58.9 Å². The molecule has 3 saturated heterocycles. The summed E-state index contributed by atoms with van der Waals surface area (Å²) in [5.41, 5.74) is 24.5. The lowest BCUT2D eigenvalue weighted by Gasteiger charge is -2.40. The number of rotatable bonds is 14. The van der Waals surface area contributed by atoms with Gasteiger partial charge in [0.15, 0.2) is 0 Å². The Morgan fingerprint density at radius 3 is 1.22 bits per heavy atom. The van der Waals surface area contributed by atoms with Crippen LogP contribution in [0.4, 0.5) is 17.1 Å². The molecule has 6 N–H and O–H groups in total. The fourth-order valence-electron chi connectivity index (χ4n) is 10.7. The number of anilines is 3. The lowest BCUT2D eigenvalue weighted by Crippen LogP contribution is -2.56. The number of nitrogen functional groups attached to an aromatic ring is 3. The van der Waals surface area contributed by atoms with Crippen LogP contribution in [0, 0.1) is 0 Å². The van der Waals surface area contributed by atoms with Crippen LogP contribution in [0.5, 0.6) is 0 Å². The van der Waals surface area contributed by atoms with Gasteiger partial charge in [0.05, 0.1) is 105 Å². The van der Waals surface area contributed by atoms with Gasteiger partial charge in [-0.15, -0.1) is 0 Å². The average Bonchev–Trinajstić information content (AvgIpc) is 4.05. The van der Waals surface area contributed by atoms with Gasteiger partial charge in [-0.25, -0.2) is 0 Å². The van der Waals surface area contributed by atoms with Crippen LogP contribution in [-0.4, -0.2) is 189 Å². The fourth-order valence-corrected chi connectivity index (χ4v) is 10.7. The SMILES string of the molecule is C[N+](C)(C)C1CCN(CCCn2ccc3c(N)cccc32)CC1.C[N+](C)(C)C1CCN(CCn2ccc3c(N)cccc32)CC1.C[N+](C)(C)C1CN(CCCn2ccc3c(N)cccc32)CCO1. The number of piperidine rings is 2. The summed E-state index contributed by atoms with van der Waals surface area (Å²) in [6.07, 6.45) is 14.4. The van der Waals surface area contributed by atoms with E-state index in [0.29, 0.717) is 0 Å². The van der Waals surface area contributed by atoms with Crippen molar-refractivity contribution in [2.75, 3.05) is 146 Å². The molecule has 3 aromatic carbocycles. The molecule has 68 heavy (non-hydrogen) atoms. The highest BCUT2D eigenvalue weighted by molar-refractivity contribution is 5.92. The molecule has 6 aromatic rings. The number of aryl methyl sites for hydroxylation is 2. The number of hydrogen-bond acceptors (Lipinski definition) is 7. The van der Waals surface area contributed by atoms with Crippen LogP contribution in [0.3, 0.4) is 0 Å². The molecule has 1 atom stereocenters. The summed E-state index contributed by atoms with van der Waals surface area (Å²) in [7, 11) is 20.5. The Balaban J connectivity index is 0.000000151. The van der Waals surface area contributed by atoms with Crippen molar-refractivity contribution >= 4 is 49.8 Å². The first kappa shape index (κ1) is 51.3. The van der Waals surface area contributed by atoms with E-state index in [1.165, 1.54) is 92.2 Å². The number of likely N-dealkylation sites (N-methyl/N-ethyl adjacent to an activating group) is 1. The van der Waals surface area contributed by atoms with Crippen molar-refractivity contribution in [1.82, 2.24) is 28.4 Å². The first-order valence-electron chi connectivity index (χ1n) is 25.6. The summed E-state index contributed by atoms with van der Waals surface area (Å²) in [4.78, 5) is 7.76. The van der Waals surface area contributed by atoms with E-state index in [9.17, 15) is 0 Å². The summed E-state index contributed by atoms with van der Waals surface area (Å²) in [6, 6.07) is 26.5. The van der Waals surface area contributed by atoms with Crippen LogP contribution in [0.1, 0.15) is 38.5 Å². The first-order valence-corrected chi connectivity index (χ1v) is 25.6. The Hall–Kier alpha value is -4.60. The maximum Gasteiger partial charge on any atom is 0.205 e. The van der Waals surface area contributed by atoms with E-state index >= 15 is 0 Å². The molecule has 372 valence electrons. The van der Waals surface area contributed by atoms with Gasteiger partial charge in [0.1, 0.15) is 0 Å². The van der Waals surface area contributed by atoms with E-state index in [-0.39, 0.29) is 6.23 Å². The Morgan fingerprint density at radius 1 is 0.441 bits per heavy atom. The minimum absolute atomic E-state index is 0.274. The Morgan fingerprint density at radius 2 is 0.824 bits per heavy atom. The molecular formula is C55H89N12O+3. The molecule has 3 aromatic heterocycles. The van der Waals surface area contributed by atoms with Gasteiger partial charge in [0, 0.05) is 143 Å². The number of benzene rings is 3. The molecule has 0 radical (unpaired) electrons. The topological polar surface area (TPSA) is 112 Å². The monoisotopic (exact) mass is 934 g/mol. The van der Waals surface area contributed by atoms with Gasteiger partial charge in [-0.2, -0.15) is 0 Å². The molecular weight excluding hydrogens is 845 g/mol. The molecule has 3 aliphatic rings. The van der Waals surface area contributed by atoms with Crippen LogP contribution < -0.4 is 17.2 Å². The molecule has 0 amide bonds. The number of nitrogens with two attached hydrogens (primary N) is 3. The largest absolute Gasteiger partial charge is 0.398 e. The standard InChI is InChI=1S/C19H31N4.C18H29N4O.C18H29N4/c1-23(2,3)16-8-13-21(14-9-16)11-5-12-22-15-10-17-18(20)6-4-7-19(17)22;1-22(2,3)18-14-20(12-13-23-18)9-5-10-21-11-8-15-16(19)6-4-7-17(15)21;1-22(2,3)15-7-10-20(11-8-15)13-14-21-12-9-16-17(19)5-4-6-18(16)21/h4,6-7,10,15-16H,5,8-9,11-14,20H2,1-3H3;4,6-8,11,18H,5,9-10,12-14,19H2,1-3H3;4-6,9,12,15H,7-8,10-11,13-14,19H2,1-3H3/q3*+1. The van der Waals surface area contributed by atoms with E-state index in [2.05, 4.69) is 147 Å². The lowest BCUT2D eigenvalue weighted by atomic mass is 10.0. The number of hydrogen-bond donors (Lipinski definition) is 3. The second-order valence-electron chi connectivity index (χ2n) is 22.7. The zero-order chi connectivity index (χ0) is 48.6. The summed E-state index contributed by atoms with van der Waals surface area (Å²) in [5.74, 6) is 0. The second-order valence-corrected chi connectivity index (χ2v) is 22.7. The number of ether oxygens (including phenoxy) is 1. The van der Waals surface area contributed by atoms with Crippen molar-refractivity contribution < 1.29 is 18.2 Å². The molecule has 3 aliphatic heterocycles. The molecule has 1 unspecified atom stereocenters. The second kappa shape index (κ2) is 22.4. The predicted molar refractivity (Wildman–Crippen MR) is 287 cm³/mol. The van der Waals surface area contributed by atoms with E-state index in [1.807, 2.05) is 36.4 Å². The zero-order valence-corrected chi connectivity index (χ0v) is 43.5. The fraction of sp³-hybridized carbons (Fsp3) is 0.564. The summed E-state index contributed by atoms with van der Waals surface area (Å²) in [5, 5.41) is 3.51. The number of quaternary nitrogens is 3. The molecule has 6 heterocycles. The first-order chi connectivity index (χ1) is 32.3. The van der Waals surface area contributed by atoms with Crippen LogP contribution in [0.15, 0.2) is 91.4 Å². The van der Waals surface area contributed by atoms with Gasteiger partial charge in [0.2, 0.25) is 6.23 Å². The molecule has 3 fully saturated rings. The number of aromatic nitrogens is 3. The average molecular weight is 934 g/mol. The molecule has 0 aliphatic carbocycles. The number of likely N-dealkylation sites (tertiary alicyclic amines) is 2. The van der Waals surface area contributed by atoms with E-state index in [0.717, 1.165) is 107 Å². The maximum atomic E-state index is 6.04.